The van der Waals surface area contributed by atoms with Crippen molar-refractivity contribution in [2.45, 2.75) is 0 Å². The van der Waals surface area contributed by atoms with Crippen LogP contribution in [0.2, 0.25) is 0 Å². The number of nitrogens with zero attached hydrogens (tertiary/aromatic N) is 7. The number of fused-ring (bicyclic) bond motifs is 12. The fraction of sp³-hybridized carbons (Fsp3) is 0. The molecule has 0 aliphatic rings. The van der Waals surface area contributed by atoms with Gasteiger partial charge in [-0.15, -0.1) is 0 Å². The molecule has 0 radical (unpaired) electrons. The van der Waals surface area contributed by atoms with Gasteiger partial charge in [-0.05, 0) is 91.0 Å². The number of pyridine rings is 1. The molecular weight excluding hydrogens is 783 g/mol. The molecule has 6 aromatic heterocycles. The van der Waals surface area contributed by atoms with Crippen LogP contribution in [0.4, 0.5) is 0 Å². The van der Waals surface area contributed by atoms with Crippen molar-refractivity contribution in [3.05, 3.63) is 213 Å². The number of hydrogen-bond donors (Lipinski definition) is 0. The number of hydrogen-bond acceptors (Lipinski definition) is 3. The second kappa shape index (κ2) is 13.3. The van der Waals surface area contributed by atoms with Crippen LogP contribution in [0.15, 0.2) is 200 Å². The maximum Gasteiger partial charge on any atom is 0.165 e. The van der Waals surface area contributed by atoms with E-state index in [0.29, 0.717) is 5.82 Å². The van der Waals surface area contributed by atoms with E-state index in [0.717, 1.165) is 94.0 Å². The molecule has 0 saturated carbocycles. The lowest BCUT2D eigenvalue weighted by Gasteiger charge is -2.14. The van der Waals surface area contributed by atoms with Gasteiger partial charge in [-0.25, -0.2) is 9.97 Å². The van der Waals surface area contributed by atoms with Gasteiger partial charge in [-0.1, -0.05) is 103 Å². The van der Waals surface area contributed by atoms with Gasteiger partial charge in [0.15, 0.2) is 5.82 Å². The van der Waals surface area contributed by atoms with E-state index in [4.69, 9.17) is 9.97 Å². The van der Waals surface area contributed by atoms with Crippen LogP contribution in [0.3, 0.4) is 0 Å². The Kier molecular flexibility index (Phi) is 7.18. The highest BCUT2D eigenvalue weighted by atomic mass is 15.1. The van der Waals surface area contributed by atoms with Crippen molar-refractivity contribution in [1.82, 2.24) is 33.2 Å². The van der Waals surface area contributed by atoms with E-state index in [-0.39, 0.29) is 0 Å². The first-order valence-corrected chi connectivity index (χ1v) is 21.4. The summed E-state index contributed by atoms with van der Waals surface area (Å²) in [6, 6.07) is 73.4. The third-order valence-corrected chi connectivity index (χ3v) is 12.9. The molecule has 14 rings (SSSR count). The smallest absolute Gasteiger partial charge is 0.165 e. The summed E-state index contributed by atoms with van der Waals surface area (Å²) in [6.45, 7) is 0. The van der Waals surface area contributed by atoms with E-state index < -0.39 is 0 Å². The summed E-state index contributed by atoms with van der Waals surface area (Å²) in [6.07, 6.45) is 3.62. The van der Waals surface area contributed by atoms with Gasteiger partial charge in [0.2, 0.25) is 0 Å². The van der Waals surface area contributed by atoms with Crippen LogP contribution in [0, 0.1) is 12.1 Å². The van der Waals surface area contributed by atoms with E-state index in [9.17, 15) is 0 Å². The summed E-state index contributed by atoms with van der Waals surface area (Å²) >= 11 is 0. The minimum atomic E-state index is 0.592. The minimum Gasteiger partial charge on any atom is -0.309 e. The number of para-hydroxylation sites is 5. The highest BCUT2D eigenvalue weighted by molar-refractivity contribution is 6.14. The zero-order chi connectivity index (χ0) is 41.9. The van der Waals surface area contributed by atoms with Gasteiger partial charge in [0, 0.05) is 73.1 Å². The van der Waals surface area contributed by atoms with Gasteiger partial charge < -0.3 is 9.13 Å². The maximum absolute atomic E-state index is 5.36. The Morgan fingerprint density at radius 1 is 0.359 bits per heavy atom. The molecule has 7 heteroatoms. The molecule has 0 unspecified atom stereocenters. The summed E-state index contributed by atoms with van der Waals surface area (Å²) in [7, 11) is 0. The summed E-state index contributed by atoms with van der Waals surface area (Å²) in [5.41, 5.74) is 11.8. The zero-order valence-corrected chi connectivity index (χ0v) is 34.2. The molecule has 0 atom stereocenters. The quantitative estimate of drug-likeness (QED) is 0.174. The Morgan fingerprint density at radius 3 is 1.34 bits per heavy atom. The van der Waals surface area contributed by atoms with E-state index in [1.54, 1.807) is 6.20 Å². The standard InChI is InChI=1S/C57H33N7/c1-7-21-47-39(15-1)40-16-2-8-22-48(40)61(47)37-27-29-53-45(32-37)43-19-5-11-25-51(43)63(53)55-34-56(60-57(59-55)36-14-13-31-58-35-36)64-52-26-12-6-20-44(52)46-33-38(28-30-54(46)64)62-49-23-9-3-17-41(49)42-18-4-10-24-50(42)62/h1-3,5-17,19-35H. The first-order valence-electron chi connectivity index (χ1n) is 21.4. The third-order valence-electron chi connectivity index (χ3n) is 12.9. The number of benzene rings is 7. The van der Waals surface area contributed by atoms with Crippen LogP contribution < -0.4 is 0 Å². The van der Waals surface area contributed by atoms with Crippen molar-refractivity contribution < 1.29 is 0 Å². The van der Waals surface area contributed by atoms with E-state index in [2.05, 4.69) is 205 Å². The molecule has 0 saturated heterocycles. The second-order valence-electron chi connectivity index (χ2n) is 16.3. The molecule has 0 N–H and O–H groups in total. The van der Waals surface area contributed by atoms with Gasteiger partial charge in [-0.3, -0.25) is 14.1 Å². The Hall–Kier alpha value is -8.99. The predicted octanol–water partition coefficient (Wildman–Crippen LogP) is 13.5. The highest BCUT2D eigenvalue weighted by Crippen LogP contribution is 2.40. The van der Waals surface area contributed by atoms with E-state index in [1.165, 1.54) is 21.8 Å². The summed E-state index contributed by atoms with van der Waals surface area (Å²) in [5, 5.41) is 9.24. The van der Waals surface area contributed by atoms with Gasteiger partial charge in [-0.2, -0.15) is 0 Å². The van der Waals surface area contributed by atoms with Crippen molar-refractivity contribution in [2.24, 2.45) is 0 Å². The second-order valence-corrected chi connectivity index (χ2v) is 16.3. The molecule has 0 amide bonds. The molecule has 296 valence electrons. The first-order chi connectivity index (χ1) is 31.8. The zero-order valence-electron chi connectivity index (χ0n) is 34.2. The molecule has 7 nitrogen and oxygen atoms in total. The van der Waals surface area contributed by atoms with Crippen molar-refractivity contribution in [3.8, 4) is 34.4 Å². The van der Waals surface area contributed by atoms with Crippen molar-refractivity contribution in [1.29, 1.82) is 0 Å². The SMILES string of the molecule is c1ccc2c(c#1)c1ccccc1n2-c1ccc2c(c1)c1ccccc1n2-c1cc(-n2c3ccccc3c3cc(-n4c5ccccc5c5ccccc54)ccc32)nc(-c2cccnc2)n1. The van der Waals surface area contributed by atoms with Crippen LogP contribution in [0.25, 0.3) is 122 Å². The molecule has 0 spiro atoms. The lowest BCUT2D eigenvalue weighted by molar-refractivity contribution is 0.992. The first kappa shape index (κ1) is 34.7. The molecule has 0 aliphatic carbocycles. The van der Waals surface area contributed by atoms with Crippen molar-refractivity contribution >= 4 is 87.2 Å². The van der Waals surface area contributed by atoms with Crippen LogP contribution in [0.1, 0.15) is 0 Å². The predicted molar refractivity (Wildman–Crippen MR) is 260 cm³/mol. The largest absolute Gasteiger partial charge is 0.309 e. The lowest BCUT2D eigenvalue weighted by atomic mass is 10.1. The molecule has 0 fully saturated rings. The average Bonchev–Trinajstić information content (AvgIpc) is 4.09. The number of rotatable bonds is 5. The number of aromatic nitrogens is 7. The molecule has 64 heavy (non-hydrogen) atoms. The van der Waals surface area contributed by atoms with Gasteiger partial charge in [0.25, 0.3) is 0 Å². The Labute approximate surface area is 366 Å². The van der Waals surface area contributed by atoms with Gasteiger partial charge in [0.1, 0.15) is 11.6 Å². The summed E-state index contributed by atoms with van der Waals surface area (Å²) in [5.74, 6) is 2.12. The fourth-order valence-electron chi connectivity index (χ4n) is 10.2. The molecule has 14 aromatic rings. The topological polar surface area (TPSA) is 58.4 Å². The molecule has 0 aliphatic heterocycles. The molecule has 6 heterocycles. The van der Waals surface area contributed by atoms with Crippen molar-refractivity contribution in [2.75, 3.05) is 0 Å². The maximum atomic E-state index is 5.36. The molecule has 8 aromatic carbocycles. The summed E-state index contributed by atoms with van der Waals surface area (Å²) in [4.78, 5) is 15.2. The Morgan fingerprint density at radius 2 is 0.812 bits per heavy atom. The van der Waals surface area contributed by atoms with E-state index >= 15 is 0 Å². The fourth-order valence-corrected chi connectivity index (χ4v) is 10.2. The monoisotopic (exact) mass is 815 g/mol. The Balaban J connectivity index is 1.01. The third kappa shape index (κ3) is 4.90. The normalized spacial score (nSPS) is 11.9. The van der Waals surface area contributed by atoms with Crippen LogP contribution in [-0.4, -0.2) is 33.2 Å². The molecule has 0 bridgehead atoms. The van der Waals surface area contributed by atoms with Crippen LogP contribution in [-0.2, 0) is 0 Å². The lowest BCUT2D eigenvalue weighted by Crippen LogP contribution is -2.06. The van der Waals surface area contributed by atoms with Crippen LogP contribution in [0.5, 0.6) is 0 Å². The van der Waals surface area contributed by atoms with Gasteiger partial charge >= 0.3 is 0 Å². The minimum absolute atomic E-state index is 0.592. The van der Waals surface area contributed by atoms with Gasteiger partial charge in [0.05, 0.1) is 49.5 Å². The Bertz CT molecular complexity index is 3850. The van der Waals surface area contributed by atoms with E-state index in [1.807, 2.05) is 24.4 Å². The van der Waals surface area contributed by atoms with Crippen LogP contribution >= 0.6 is 0 Å². The summed E-state index contributed by atoms with van der Waals surface area (Å²) < 4.78 is 9.28. The average molecular weight is 816 g/mol. The highest BCUT2D eigenvalue weighted by Gasteiger charge is 2.22. The molecular formula is C57H33N7. The van der Waals surface area contributed by atoms with Crippen molar-refractivity contribution in [3.63, 3.8) is 0 Å².